The number of likely N-dealkylation sites (N-methyl/N-ethyl adjacent to an activating group) is 1. The molecule has 0 atom stereocenters. The fourth-order valence-electron chi connectivity index (χ4n) is 5.62. The SMILES string of the molecule is CNCC1(C2CCN(c3c(F)cn4c(=O)c(OC(=O)O)cc(C5CC5)c4c3C)CC2)OCCO1.Cl. The molecular weight excluding hydrogens is 481 g/mol. The average Bonchev–Trinajstić information content (AvgIpc) is 3.54. The zero-order valence-electron chi connectivity index (χ0n) is 19.8. The molecule has 3 aliphatic rings. The molecule has 0 spiro atoms. The van der Waals surface area contributed by atoms with Crippen molar-refractivity contribution in [2.24, 2.45) is 5.92 Å². The van der Waals surface area contributed by atoms with E-state index in [-0.39, 0.29) is 30.0 Å². The molecular formula is C24H31ClFN3O6. The lowest BCUT2D eigenvalue weighted by Gasteiger charge is -2.42. The largest absolute Gasteiger partial charge is 0.511 e. The van der Waals surface area contributed by atoms with Crippen molar-refractivity contribution >= 4 is 29.8 Å². The van der Waals surface area contributed by atoms with E-state index in [4.69, 9.17) is 19.3 Å². The minimum absolute atomic E-state index is 0. The third-order valence-corrected chi connectivity index (χ3v) is 7.26. The first-order valence-electron chi connectivity index (χ1n) is 11.8. The number of aromatic nitrogens is 1. The van der Waals surface area contributed by atoms with Crippen LogP contribution in [0.25, 0.3) is 5.52 Å². The number of hydrogen-bond acceptors (Lipinski definition) is 7. The van der Waals surface area contributed by atoms with E-state index in [1.54, 1.807) is 0 Å². The highest BCUT2D eigenvalue weighted by atomic mass is 35.5. The molecule has 35 heavy (non-hydrogen) atoms. The number of ether oxygens (including phenoxy) is 3. The minimum Gasteiger partial charge on any atom is -0.449 e. The molecule has 9 nitrogen and oxygen atoms in total. The molecule has 1 saturated carbocycles. The first kappa shape index (κ1) is 25.7. The maximum atomic E-state index is 15.5. The zero-order valence-corrected chi connectivity index (χ0v) is 20.7. The normalized spacial score (nSPS) is 20.1. The maximum Gasteiger partial charge on any atom is 0.511 e. The van der Waals surface area contributed by atoms with Crippen LogP contribution >= 0.6 is 12.4 Å². The second-order valence-electron chi connectivity index (χ2n) is 9.38. The molecule has 5 rings (SSSR count). The molecule has 2 aliphatic heterocycles. The summed E-state index contributed by atoms with van der Waals surface area (Å²) in [4.78, 5) is 26.0. The van der Waals surface area contributed by atoms with Gasteiger partial charge in [0, 0.05) is 25.6 Å². The lowest BCUT2D eigenvalue weighted by atomic mass is 9.87. The Morgan fingerprint density at radius 1 is 1.26 bits per heavy atom. The van der Waals surface area contributed by atoms with Gasteiger partial charge in [-0.15, -0.1) is 12.4 Å². The Kier molecular flexibility index (Phi) is 7.28. The summed E-state index contributed by atoms with van der Waals surface area (Å²) >= 11 is 0. The van der Waals surface area contributed by atoms with Gasteiger partial charge >= 0.3 is 6.16 Å². The van der Waals surface area contributed by atoms with Gasteiger partial charge in [-0.25, -0.2) is 9.18 Å². The van der Waals surface area contributed by atoms with Gasteiger partial charge in [-0.05, 0) is 62.8 Å². The van der Waals surface area contributed by atoms with Gasteiger partial charge in [0.1, 0.15) is 0 Å². The lowest BCUT2D eigenvalue weighted by Crippen LogP contribution is -2.51. The van der Waals surface area contributed by atoms with Gasteiger partial charge in [0.15, 0.2) is 17.4 Å². The van der Waals surface area contributed by atoms with Crippen molar-refractivity contribution in [3.63, 3.8) is 0 Å². The molecule has 2 aromatic rings. The van der Waals surface area contributed by atoms with Crippen LogP contribution in [0.5, 0.6) is 5.75 Å². The van der Waals surface area contributed by atoms with Crippen LogP contribution in [-0.4, -0.2) is 61.3 Å². The van der Waals surface area contributed by atoms with E-state index < -0.39 is 23.3 Å². The van der Waals surface area contributed by atoms with Crippen LogP contribution in [0.2, 0.25) is 0 Å². The molecule has 3 fully saturated rings. The van der Waals surface area contributed by atoms with Crippen molar-refractivity contribution in [1.29, 1.82) is 0 Å². The summed E-state index contributed by atoms with van der Waals surface area (Å²) in [5, 5.41) is 12.2. The van der Waals surface area contributed by atoms with Gasteiger partial charge in [-0.3, -0.25) is 9.20 Å². The number of halogens is 2. The highest BCUT2D eigenvalue weighted by Crippen LogP contribution is 2.45. The van der Waals surface area contributed by atoms with Crippen LogP contribution in [0.1, 0.15) is 42.7 Å². The molecule has 192 valence electrons. The maximum absolute atomic E-state index is 15.5. The number of carbonyl (C=O) groups is 1. The fourth-order valence-corrected chi connectivity index (χ4v) is 5.62. The molecule has 11 heteroatoms. The topological polar surface area (TPSA) is 102 Å². The van der Waals surface area contributed by atoms with Crippen molar-refractivity contribution in [3.05, 3.63) is 39.6 Å². The number of hydrogen-bond donors (Lipinski definition) is 2. The molecule has 2 aromatic heterocycles. The number of fused-ring (bicyclic) bond motifs is 1. The van der Waals surface area contributed by atoms with Crippen molar-refractivity contribution in [3.8, 4) is 5.75 Å². The van der Waals surface area contributed by atoms with Gasteiger partial charge in [0.05, 0.1) is 30.6 Å². The Labute approximate surface area is 208 Å². The monoisotopic (exact) mass is 511 g/mol. The van der Waals surface area contributed by atoms with E-state index in [0.717, 1.165) is 31.2 Å². The van der Waals surface area contributed by atoms with Gasteiger partial charge in [0.25, 0.3) is 5.56 Å². The molecule has 0 radical (unpaired) electrons. The number of piperidine rings is 1. The number of rotatable bonds is 6. The molecule has 0 unspecified atom stereocenters. The van der Waals surface area contributed by atoms with Crippen LogP contribution in [-0.2, 0) is 9.47 Å². The van der Waals surface area contributed by atoms with Crippen molar-refractivity contribution in [2.45, 2.75) is 44.3 Å². The lowest BCUT2D eigenvalue weighted by molar-refractivity contribution is -0.195. The molecule has 2 N–H and O–H groups in total. The quantitative estimate of drug-likeness (QED) is 0.570. The second kappa shape index (κ2) is 9.93. The van der Waals surface area contributed by atoms with E-state index in [9.17, 15) is 9.59 Å². The highest BCUT2D eigenvalue weighted by Gasteiger charge is 2.45. The van der Waals surface area contributed by atoms with Gasteiger partial charge < -0.3 is 29.5 Å². The molecule has 0 amide bonds. The minimum atomic E-state index is -1.57. The van der Waals surface area contributed by atoms with Gasteiger partial charge in [0.2, 0.25) is 0 Å². The smallest absolute Gasteiger partial charge is 0.449 e. The van der Waals surface area contributed by atoms with Gasteiger partial charge in [-0.1, -0.05) is 0 Å². The van der Waals surface area contributed by atoms with Crippen LogP contribution in [0, 0.1) is 18.7 Å². The Bertz CT molecular complexity index is 1170. The third-order valence-electron chi connectivity index (χ3n) is 7.26. The van der Waals surface area contributed by atoms with E-state index in [1.165, 1.54) is 16.7 Å². The number of nitrogens with one attached hydrogen (secondary N) is 1. The summed E-state index contributed by atoms with van der Waals surface area (Å²) in [6.07, 6.45) is 3.05. The Morgan fingerprint density at radius 2 is 1.91 bits per heavy atom. The number of nitrogens with zero attached hydrogens (tertiary/aromatic N) is 2. The zero-order chi connectivity index (χ0) is 24.0. The van der Waals surface area contributed by atoms with Crippen molar-refractivity contribution < 1.29 is 28.5 Å². The first-order chi connectivity index (χ1) is 16.3. The van der Waals surface area contributed by atoms with Crippen LogP contribution in [0.3, 0.4) is 0 Å². The summed E-state index contributed by atoms with van der Waals surface area (Å²) in [6.45, 7) is 4.86. The van der Waals surface area contributed by atoms with Crippen LogP contribution < -0.4 is 20.5 Å². The average molecular weight is 512 g/mol. The van der Waals surface area contributed by atoms with Crippen molar-refractivity contribution in [1.82, 2.24) is 9.72 Å². The fraction of sp³-hybridized carbons (Fsp3) is 0.583. The molecule has 4 heterocycles. The number of aryl methyl sites for hydroxylation is 1. The summed E-state index contributed by atoms with van der Waals surface area (Å²) < 4.78 is 33.4. The number of pyridine rings is 2. The molecule has 2 saturated heterocycles. The Balaban J connectivity index is 0.00000289. The van der Waals surface area contributed by atoms with Crippen LogP contribution in [0.4, 0.5) is 14.9 Å². The van der Waals surface area contributed by atoms with E-state index >= 15 is 4.39 Å². The third kappa shape index (κ3) is 4.60. The number of carboxylic acid groups (broad SMARTS) is 1. The standard InChI is InChI=1S/C24H30FN3O6.ClH/c1-14-20-17(15-3-4-15)11-19(34-23(30)31)22(29)28(20)12-18(25)21(14)27-7-5-16(6-8-27)24(13-26-2)32-9-10-33-24;/h11-12,15-16,26H,3-10,13H2,1-2H3,(H,30,31);1H. The summed E-state index contributed by atoms with van der Waals surface area (Å²) in [5.74, 6) is -1.05. The summed E-state index contributed by atoms with van der Waals surface area (Å²) in [6, 6.07) is 1.51. The van der Waals surface area contributed by atoms with E-state index in [0.29, 0.717) is 49.6 Å². The van der Waals surface area contributed by atoms with Gasteiger partial charge in [-0.2, -0.15) is 0 Å². The van der Waals surface area contributed by atoms with E-state index in [2.05, 4.69) is 5.32 Å². The molecule has 0 aromatic carbocycles. The Hall–Kier alpha value is -2.40. The molecule has 0 bridgehead atoms. The summed E-state index contributed by atoms with van der Waals surface area (Å²) in [7, 11) is 1.88. The van der Waals surface area contributed by atoms with Crippen molar-refractivity contribution in [2.75, 3.05) is 44.8 Å². The van der Waals surface area contributed by atoms with Crippen LogP contribution in [0.15, 0.2) is 17.1 Å². The predicted molar refractivity (Wildman–Crippen MR) is 130 cm³/mol. The molecule has 1 aliphatic carbocycles. The predicted octanol–water partition coefficient (Wildman–Crippen LogP) is 3.28. The van der Waals surface area contributed by atoms with E-state index in [1.807, 2.05) is 18.9 Å². The highest BCUT2D eigenvalue weighted by molar-refractivity contribution is 5.85. The Morgan fingerprint density at radius 3 is 2.49 bits per heavy atom. The summed E-state index contributed by atoms with van der Waals surface area (Å²) in [5.41, 5.74) is 1.95. The first-order valence-corrected chi connectivity index (χ1v) is 11.8. The number of anilines is 1. The second-order valence-corrected chi connectivity index (χ2v) is 9.38.